The summed E-state index contributed by atoms with van der Waals surface area (Å²) in [6.07, 6.45) is 1.05. The number of fused-ring (bicyclic) bond motifs is 1. The lowest BCUT2D eigenvalue weighted by molar-refractivity contribution is -0.136. The first-order valence-corrected chi connectivity index (χ1v) is 7.73. The third-order valence-corrected chi connectivity index (χ3v) is 4.40. The molecule has 0 fully saturated rings. The molecule has 1 aliphatic heterocycles. The van der Waals surface area contributed by atoms with Crippen molar-refractivity contribution in [2.24, 2.45) is 0 Å². The van der Waals surface area contributed by atoms with Crippen LogP contribution in [0, 0.1) is 0 Å². The fourth-order valence-electron chi connectivity index (χ4n) is 2.54. The molecule has 23 heavy (non-hydrogen) atoms. The summed E-state index contributed by atoms with van der Waals surface area (Å²) in [6.45, 7) is 5.56. The third-order valence-electron chi connectivity index (χ3n) is 3.68. The van der Waals surface area contributed by atoms with Gasteiger partial charge in [-0.15, -0.1) is 0 Å². The van der Waals surface area contributed by atoms with Crippen LogP contribution in [0.4, 0.5) is 0 Å². The van der Waals surface area contributed by atoms with Gasteiger partial charge in [0.15, 0.2) is 0 Å². The normalized spacial score (nSPS) is 14.7. The van der Waals surface area contributed by atoms with Gasteiger partial charge >= 0.3 is 5.97 Å². The Labute approximate surface area is 143 Å². The van der Waals surface area contributed by atoms with Gasteiger partial charge in [0.1, 0.15) is 0 Å². The van der Waals surface area contributed by atoms with E-state index >= 15 is 0 Å². The highest BCUT2D eigenvalue weighted by molar-refractivity contribution is 6.43. The minimum Gasteiger partial charge on any atom is -0.466 e. The number of methoxy groups -OCH3 is 1. The van der Waals surface area contributed by atoms with Crippen molar-refractivity contribution in [3.05, 3.63) is 45.5 Å². The highest BCUT2D eigenvalue weighted by atomic mass is 35.5. The maximum Gasteiger partial charge on any atom is 0.335 e. The van der Waals surface area contributed by atoms with Crippen molar-refractivity contribution in [2.45, 2.75) is 25.8 Å². The average Bonchev–Trinajstić information content (AvgIpc) is 2.76. The number of amides is 2. The first-order chi connectivity index (χ1) is 10.8. The van der Waals surface area contributed by atoms with Crippen molar-refractivity contribution >= 4 is 41.0 Å². The van der Waals surface area contributed by atoms with Crippen molar-refractivity contribution in [1.82, 2.24) is 4.90 Å². The Bertz CT molecular complexity index is 673. The molecular formula is C16H15Cl2NO4. The zero-order chi connectivity index (χ0) is 17.3. The second-order valence-electron chi connectivity index (χ2n) is 5.11. The molecular weight excluding hydrogens is 341 g/mol. The third kappa shape index (κ3) is 2.99. The summed E-state index contributed by atoms with van der Waals surface area (Å²) in [7, 11) is 1.22. The van der Waals surface area contributed by atoms with E-state index in [9.17, 15) is 14.4 Å². The molecule has 1 aliphatic rings. The number of nitrogens with zero attached hydrogens (tertiary/aromatic N) is 1. The van der Waals surface area contributed by atoms with Crippen molar-refractivity contribution in [3.8, 4) is 0 Å². The van der Waals surface area contributed by atoms with Crippen molar-refractivity contribution < 1.29 is 19.1 Å². The van der Waals surface area contributed by atoms with E-state index in [1.165, 1.54) is 19.2 Å². The van der Waals surface area contributed by atoms with Crippen LogP contribution in [0.1, 0.15) is 40.5 Å². The Morgan fingerprint density at radius 2 is 1.70 bits per heavy atom. The number of halogens is 2. The number of rotatable bonds is 5. The molecule has 0 bridgehead atoms. The number of benzene rings is 1. The molecule has 1 aromatic rings. The van der Waals surface area contributed by atoms with E-state index in [0.29, 0.717) is 12.8 Å². The average molecular weight is 356 g/mol. The number of hydrogen-bond donors (Lipinski definition) is 0. The fraction of sp³-hybridized carbons (Fsp3) is 0.312. The predicted molar refractivity (Wildman–Crippen MR) is 86.8 cm³/mol. The Hall–Kier alpha value is -1.85. The molecule has 0 N–H and O–H groups in total. The second kappa shape index (κ2) is 6.72. The van der Waals surface area contributed by atoms with Crippen LogP contribution < -0.4 is 0 Å². The first kappa shape index (κ1) is 17.5. The molecule has 122 valence electrons. The van der Waals surface area contributed by atoms with Gasteiger partial charge in [0.25, 0.3) is 11.8 Å². The minimum absolute atomic E-state index is 0.0565. The topological polar surface area (TPSA) is 63.7 Å². The molecule has 5 nitrogen and oxygen atoms in total. The van der Waals surface area contributed by atoms with Gasteiger partial charge in [-0.25, -0.2) is 4.79 Å². The SMILES string of the molecule is C=C(C(=O)OC)C(CCC)N1C(=O)c2cc(Cl)c(Cl)cc2C1=O. The Kier molecular flexibility index (Phi) is 5.12. The highest BCUT2D eigenvalue weighted by Crippen LogP contribution is 2.34. The molecule has 2 rings (SSSR count). The van der Waals surface area contributed by atoms with E-state index in [1.54, 1.807) is 0 Å². The van der Waals surface area contributed by atoms with Crippen LogP contribution in [0.2, 0.25) is 10.0 Å². The molecule has 0 radical (unpaired) electrons. The van der Waals surface area contributed by atoms with Crippen LogP contribution >= 0.6 is 23.2 Å². The smallest absolute Gasteiger partial charge is 0.335 e. The zero-order valence-corrected chi connectivity index (χ0v) is 14.2. The summed E-state index contributed by atoms with van der Waals surface area (Å²) >= 11 is 11.8. The molecule has 1 unspecified atom stereocenters. The van der Waals surface area contributed by atoms with Gasteiger partial charge in [-0.1, -0.05) is 43.1 Å². The number of carbonyl (C=O) groups excluding carboxylic acids is 3. The summed E-state index contributed by atoms with van der Waals surface area (Å²) in [5.74, 6) is -1.70. The monoisotopic (exact) mass is 355 g/mol. The van der Waals surface area contributed by atoms with Gasteiger partial charge in [-0.05, 0) is 18.6 Å². The number of hydrogen-bond acceptors (Lipinski definition) is 4. The Balaban J connectivity index is 2.46. The molecule has 1 heterocycles. The summed E-state index contributed by atoms with van der Waals surface area (Å²) < 4.78 is 4.65. The molecule has 0 aliphatic carbocycles. The van der Waals surface area contributed by atoms with Crippen LogP contribution in [-0.4, -0.2) is 35.8 Å². The number of imide groups is 1. The molecule has 0 aromatic heterocycles. The van der Waals surface area contributed by atoms with Gasteiger partial charge in [-0.3, -0.25) is 14.5 Å². The summed E-state index contributed by atoms with van der Waals surface area (Å²) in [4.78, 5) is 38.0. The number of esters is 1. The van der Waals surface area contributed by atoms with Gasteiger partial charge < -0.3 is 4.74 Å². The van der Waals surface area contributed by atoms with Crippen molar-refractivity contribution in [1.29, 1.82) is 0 Å². The van der Waals surface area contributed by atoms with Gasteiger partial charge in [0.05, 0.1) is 39.9 Å². The van der Waals surface area contributed by atoms with Crippen LogP contribution in [-0.2, 0) is 9.53 Å². The maximum absolute atomic E-state index is 12.6. The molecule has 1 atom stereocenters. The van der Waals surface area contributed by atoms with E-state index in [2.05, 4.69) is 11.3 Å². The second-order valence-corrected chi connectivity index (χ2v) is 5.93. The lowest BCUT2D eigenvalue weighted by Crippen LogP contribution is -2.42. The summed E-state index contributed by atoms with van der Waals surface area (Å²) in [6, 6.07) is 1.96. The van der Waals surface area contributed by atoms with Crippen molar-refractivity contribution in [2.75, 3.05) is 7.11 Å². The van der Waals surface area contributed by atoms with Crippen LogP contribution in [0.3, 0.4) is 0 Å². The highest BCUT2D eigenvalue weighted by Gasteiger charge is 2.42. The van der Waals surface area contributed by atoms with E-state index in [0.717, 1.165) is 4.90 Å². The van der Waals surface area contributed by atoms with E-state index in [4.69, 9.17) is 23.2 Å². The Morgan fingerprint density at radius 3 is 2.09 bits per heavy atom. The summed E-state index contributed by atoms with van der Waals surface area (Å²) in [5.41, 5.74) is 0.396. The van der Waals surface area contributed by atoms with Crippen LogP contribution in [0.15, 0.2) is 24.3 Å². The van der Waals surface area contributed by atoms with E-state index in [-0.39, 0.29) is 26.7 Å². The molecule has 7 heteroatoms. The number of carbonyl (C=O) groups is 3. The fourth-order valence-corrected chi connectivity index (χ4v) is 2.86. The molecule has 0 saturated heterocycles. The van der Waals surface area contributed by atoms with Crippen molar-refractivity contribution in [3.63, 3.8) is 0 Å². The standard InChI is InChI=1S/C16H15Cl2NO4/c1-4-5-13(8(2)16(22)23-3)19-14(20)9-6-11(17)12(18)7-10(9)15(19)21/h6-7,13H,2,4-5H2,1,3H3. The molecule has 0 saturated carbocycles. The van der Waals surface area contributed by atoms with Gasteiger partial charge in [0, 0.05) is 0 Å². The largest absolute Gasteiger partial charge is 0.466 e. The van der Waals surface area contributed by atoms with Crippen LogP contribution in [0.5, 0.6) is 0 Å². The molecule has 1 aromatic carbocycles. The van der Waals surface area contributed by atoms with E-state index in [1.807, 2.05) is 6.92 Å². The quantitative estimate of drug-likeness (QED) is 0.460. The summed E-state index contributed by atoms with van der Waals surface area (Å²) in [5, 5.41) is 0.375. The molecule has 0 spiro atoms. The minimum atomic E-state index is -0.766. The zero-order valence-electron chi connectivity index (χ0n) is 12.7. The predicted octanol–water partition coefficient (Wildman–Crippen LogP) is 3.49. The Morgan fingerprint density at radius 1 is 1.22 bits per heavy atom. The number of ether oxygens (including phenoxy) is 1. The molecule has 2 amide bonds. The lowest BCUT2D eigenvalue weighted by Gasteiger charge is -2.26. The van der Waals surface area contributed by atoms with Crippen LogP contribution in [0.25, 0.3) is 0 Å². The van der Waals surface area contributed by atoms with Gasteiger partial charge in [0.2, 0.25) is 0 Å². The maximum atomic E-state index is 12.6. The first-order valence-electron chi connectivity index (χ1n) is 6.97. The van der Waals surface area contributed by atoms with Gasteiger partial charge in [-0.2, -0.15) is 0 Å². The van der Waals surface area contributed by atoms with E-state index < -0.39 is 23.8 Å². The lowest BCUT2D eigenvalue weighted by atomic mass is 10.0.